The molecular weight excluding hydrogens is 257 g/mol. The minimum absolute atomic E-state index is 0.116. The van der Waals surface area contributed by atoms with Gasteiger partial charge in [-0.15, -0.1) is 0 Å². The van der Waals surface area contributed by atoms with Gasteiger partial charge in [-0.25, -0.2) is 0 Å². The summed E-state index contributed by atoms with van der Waals surface area (Å²) in [7, 11) is 0. The standard InChI is InChI=1S/C14H15F3O2/c1-13(2,3)12(19)8-11(18)9-4-6-10(7-5-9)14(15,16)17/h4-7H,8H2,1-3H3. The van der Waals surface area contributed by atoms with Gasteiger partial charge in [0.1, 0.15) is 5.78 Å². The van der Waals surface area contributed by atoms with E-state index in [1.807, 2.05) is 0 Å². The van der Waals surface area contributed by atoms with E-state index in [0.717, 1.165) is 24.3 Å². The zero-order valence-corrected chi connectivity index (χ0v) is 11.0. The molecule has 0 fully saturated rings. The number of carbonyl (C=O) groups is 2. The van der Waals surface area contributed by atoms with E-state index in [4.69, 9.17) is 0 Å². The second-order valence-corrected chi connectivity index (χ2v) is 5.35. The van der Waals surface area contributed by atoms with Crippen molar-refractivity contribution < 1.29 is 22.8 Å². The average molecular weight is 272 g/mol. The van der Waals surface area contributed by atoms with E-state index in [1.165, 1.54) is 0 Å². The molecule has 104 valence electrons. The number of hydrogen-bond donors (Lipinski definition) is 0. The van der Waals surface area contributed by atoms with Crippen LogP contribution in [0, 0.1) is 5.41 Å². The lowest BCUT2D eigenvalue weighted by Gasteiger charge is -2.15. The van der Waals surface area contributed by atoms with Crippen LogP contribution in [0.2, 0.25) is 0 Å². The Bertz CT molecular complexity index is 479. The molecule has 0 radical (unpaired) electrons. The lowest BCUT2D eigenvalue weighted by molar-refractivity contribution is -0.137. The molecule has 0 spiro atoms. The van der Waals surface area contributed by atoms with Crippen molar-refractivity contribution in [1.29, 1.82) is 0 Å². The summed E-state index contributed by atoms with van der Waals surface area (Å²) in [4.78, 5) is 23.4. The van der Waals surface area contributed by atoms with Gasteiger partial charge in [0.25, 0.3) is 0 Å². The van der Waals surface area contributed by atoms with Crippen LogP contribution in [0.25, 0.3) is 0 Å². The third kappa shape index (κ3) is 4.19. The van der Waals surface area contributed by atoms with Crippen molar-refractivity contribution in [3.8, 4) is 0 Å². The maximum absolute atomic E-state index is 12.3. The Morgan fingerprint density at radius 1 is 1.00 bits per heavy atom. The fourth-order valence-corrected chi connectivity index (χ4v) is 1.36. The number of Topliss-reactive ketones (excluding diaryl/α,β-unsaturated/α-hetero) is 2. The van der Waals surface area contributed by atoms with Crippen molar-refractivity contribution in [2.24, 2.45) is 5.41 Å². The fraction of sp³-hybridized carbons (Fsp3) is 0.429. The third-order valence-electron chi connectivity index (χ3n) is 2.69. The van der Waals surface area contributed by atoms with Crippen molar-refractivity contribution >= 4 is 11.6 Å². The van der Waals surface area contributed by atoms with Crippen molar-refractivity contribution in [3.05, 3.63) is 35.4 Å². The Labute approximate surface area is 109 Å². The van der Waals surface area contributed by atoms with E-state index in [9.17, 15) is 22.8 Å². The number of benzene rings is 1. The molecule has 1 aromatic carbocycles. The first-order chi connectivity index (χ1) is 8.51. The molecule has 1 rings (SSSR count). The van der Waals surface area contributed by atoms with Crippen LogP contribution in [-0.4, -0.2) is 11.6 Å². The monoisotopic (exact) mass is 272 g/mol. The average Bonchev–Trinajstić information content (AvgIpc) is 2.26. The van der Waals surface area contributed by atoms with E-state index in [2.05, 4.69) is 0 Å². The van der Waals surface area contributed by atoms with Gasteiger partial charge >= 0.3 is 6.18 Å². The number of hydrogen-bond acceptors (Lipinski definition) is 2. The van der Waals surface area contributed by atoms with Crippen LogP contribution in [0.15, 0.2) is 24.3 Å². The first-order valence-electron chi connectivity index (χ1n) is 5.75. The zero-order valence-electron chi connectivity index (χ0n) is 11.0. The zero-order chi connectivity index (χ0) is 14.8. The van der Waals surface area contributed by atoms with Gasteiger partial charge in [-0.2, -0.15) is 13.2 Å². The first-order valence-corrected chi connectivity index (χ1v) is 5.75. The van der Waals surface area contributed by atoms with Gasteiger partial charge in [0.05, 0.1) is 12.0 Å². The molecule has 5 heteroatoms. The normalized spacial score (nSPS) is 12.3. The van der Waals surface area contributed by atoms with E-state index in [-0.39, 0.29) is 17.8 Å². The molecule has 0 saturated carbocycles. The molecule has 0 amide bonds. The topological polar surface area (TPSA) is 34.1 Å². The Morgan fingerprint density at radius 2 is 1.47 bits per heavy atom. The molecule has 0 atom stereocenters. The second-order valence-electron chi connectivity index (χ2n) is 5.35. The molecule has 0 aliphatic rings. The smallest absolute Gasteiger partial charge is 0.299 e. The maximum Gasteiger partial charge on any atom is 0.416 e. The van der Waals surface area contributed by atoms with Crippen LogP contribution in [0.4, 0.5) is 13.2 Å². The van der Waals surface area contributed by atoms with E-state index < -0.39 is 22.9 Å². The fourth-order valence-electron chi connectivity index (χ4n) is 1.36. The molecule has 2 nitrogen and oxygen atoms in total. The predicted octanol–water partition coefficient (Wildman–Crippen LogP) is 3.89. The largest absolute Gasteiger partial charge is 0.416 e. The van der Waals surface area contributed by atoms with Gasteiger partial charge in [-0.3, -0.25) is 9.59 Å². The van der Waals surface area contributed by atoms with Crippen LogP contribution < -0.4 is 0 Å². The number of rotatable bonds is 3. The summed E-state index contributed by atoms with van der Waals surface area (Å²) >= 11 is 0. The van der Waals surface area contributed by atoms with Crippen LogP contribution in [0.5, 0.6) is 0 Å². The van der Waals surface area contributed by atoms with Gasteiger partial charge < -0.3 is 0 Å². The van der Waals surface area contributed by atoms with E-state index in [0.29, 0.717) is 0 Å². The molecular formula is C14H15F3O2. The second kappa shape index (κ2) is 5.15. The summed E-state index contributed by atoms with van der Waals surface area (Å²) in [5, 5.41) is 0. The summed E-state index contributed by atoms with van der Waals surface area (Å²) in [6.07, 6.45) is -4.72. The highest BCUT2D eigenvalue weighted by molar-refractivity contribution is 6.09. The molecule has 19 heavy (non-hydrogen) atoms. The van der Waals surface area contributed by atoms with Gasteiger partial charge in [0, 0.05) is 11.0 Å². The molecule has 1 aromatic rings. The highest BCUT2D eigenvalue weighted by Crippen LogP contribution is 2.29. The van der Waals surface area contributed by atoms with Crippen LogP contribution in [0.1, 0.15) is 43.1 Å². The molecule has 0 aromatic heterocycles. The SMILES string of the molecule is CC(C)(C)C(=O)CC(=O)c1ccc(C(F)(F)F)cc1. The Morgan fingerprint density at radius 3 is 1.84 bits per heavy atom. The maximum atomic E-state index is 12.3. The summed E-state index contributed by atoms with van der Waals surface area (Å²) in [5.74, 6) is -0.703. The Balaban J connectivity index is 2.83. The predicted molar refractivity (Wildman–Crippen MR) is 64.9 cm³/mol. The molecule has 0 N–H and O–H groups in total. The number of halogens is 3. The summed E-state index contributed by atoms with van der Waals surface area (Å²) in [6, 6.07) is 3.88. The van der Waals surface area contributed by atoms with E-state index >= 15 is 0 Å². The van der Waals surface area contributed by atoms with Gasteiger partial charge in [0.15, 0.2) is 5.78 Å². The van der Waals surface area contributed by atoms with Gasteiger partial charge in [0.2, 0.25) is 0 Å². The minimum atomic E-state index is -4.43. The highest BCUT2D eigenvalue weighted by atomic mass is 19.4. The van der Waals surface area contributed by atoms with E-state index in [1.54, 1.807) is 20.8 Å². The van der Waals surface area contributed by atoms with Crippen molar-refractivity contribution in [2.75, 3.05) is 0 Å². The number of carbonyl (C=O) groups excluding carboxylic acids is 2. The summed E-state index contributed by atoms with van der Waals surface area (Å²) in [6.45, 7) is 5.07. The minimum Gasteiger partial charge on any atom is -0.299 e. The molecule has 0 aliphatic carbocycles. The lowest BCUT2D eigenvalue weighted by Crippen LogP contribution is -2.23. The van der Waals surface area contributed by atoms with Crippen molar-refractivity contribution in [3.63, 3.8) is 0 Å². The van der Waals surface area contributed by atoms with Gasteiger partial charge in [-0.05, 0) is 12.1 Å². The summed E-state index contributed by atoms with van der Waals surface area (Å²) < 4.78 is 37.0. The number of ketones is 2. The first kappa shape index (κ1) is 15.4. The molecule has 0 aliphatic heterocycles. The molecule has 0 unspecified atom stereocenters. The highest BCUT2D eigenvalue weighted by Gasteiger charge is 2.30. The van der Waals surface area contributed by atoms with Crippen molar-refractivity contribution in [2.45, 2.75) is 33.4 Å². The molecule has 0 saturated heterocycles. The molecule has 0 heterocycles. The van der Waals surface area contributed by atoms with Gasteiger partial charge in [-0.1, -0.05) is 32.9 Å². The Hall–Kier alpha value is -1.65. The molecule has 0 bridgehead atoms. The lowest BCUT2D eigenvalue weighted by atomic mass is 9.87. The quantitative estimate of drug-likeness (QED) is 0.618. The van der Waals surface area contributed by atoms with Crippen LogP contribution >= 0.6 is 0 Å². The summed E-state index contributed by atoms with van der Waals surface area (Å²) in [5.41, 5.74) is -1.33. The van der Waals surface area contributed by atoms with Crippen LogP contribution in [0.3, 0.4) is 0 Å². The van der Waals surface area contributed by atoms with Crippen LogP contribution in [-0.2, 0) is 11.0 Å². The third-order valence-corrected chi connectivity index (χ3v) is 2.69. The number of alkyl halides is 3. The van der Waals surface area contributed by atoms with Crippen molar-refractivity contribution in [1.82, 2.24) is 0 Å². The Kier molecular flexibility index (Phi) is 4.18.